The van der Waals surface area contributed by atoms with Gasteiger partial charge in [0.2, 0.25) is 0 Å². The molecule has 11 heteroatoms. The molecule has 0 aliphatic carbocycles. The molecule has 1 N–H and O–H groups in total. The number of rotatable bonds is 26. The summed E-state index contributed by atoms with van der Waals surface area (Å²) in [5.41, 5.74) is 2.89. The molecule has 2 aromatic carbocycles. The monoisotopic (exact) mass is 681 g/mol. The maximum absolute atomic E-state index is 13.6. The predicted molar refractivity (Wildman–Crippen MR) is 176 cm³/mol. The Morgan fingerprint density at radius 2 is 1.00 bits per heavy atom. The van der Waals surface area contributed by atoms with Gasteiger partial charge in [0, 0.05) is 5.69 Å². The van der Waals surface area contributed by atoms with E-state index < -0.39 is 28.1 Å². The van der Waals surface area contributed by atoms with Crippen LogP contribution in [-0.4, -0.2) is 12.8 Å². The van der Waals surface area contributed by atoms with Gasteiger partial charge in [0.15, 0.2) is 0 Å². The van der Waals surface area contributed by atoms with Crippen LogP contribution in [0.1, 0.15) is 128 Å². The maximum atomic E-state index is 13.6. The van der Waals surface area contributed by atoms with Crippen LogP contribution in [0.25, 0.3) is 0 Å². The summed E-state index contributed by atoms with van der Waals surface area (Å²) in [5, 5.41) is 2.81. The topological polar surface area (TPSA) is 111 Å². The Morgan fingerprint density at radius 3 is 1.42 bits per heavy atom. The zero-order valence-electron chi connectivity index (χ0n) is 28.6. The van der Waals surface area contributed by atoms with E-state index in [0.29, 0.717) is 11.4 Å². The average Bonchev–Trinajstić information content (AvgIpc) is 2.97. The first-order valence-corrected chi connectivity index (χ1v) is 19.9. The molecule has 0 saturated heterocycles. The van der Waals surface area contributed by atoms with Crippen LogP contribution in [0.15, 0.2) is 48.5 Å². The first kappa shape index (κ1) is 45.4. The smallest absolute Gasteiger partial charge is 0.811 e. The minimum absolute atomic E-state index is 0. The Morgan fingerprint density at radius 1 is 0.600 bits per heavy atom. The summed E-state index contributed by atoms with van der Waals surface area (Å²) in [6.07, 6.45) is 21.5. The van der Waals surface area contributed by atoms with Gasteiger partial charge in [0.05, 0.1) is 6.61 Å². The first-order valence-electron chi connectivity index (χ1n) is 16.6. The molecule has 1 unspecified atom stereocenters. The number of nitrogens with one attached hydrogen (secondary N) is 1. The molecule has 7 nitrogen and oxygen atoms in total. The summed E-state index contributed by atoms with van der Waals surface area (Å²) < 4.78 is 35.9. The molecule has 2 rings (SSSR count). The molecule has 1 atom stereocenters. The van der Waals surface area contributed by atoms with Crippen molar-refractivity contribution in [1.82, 2.24) is 0 Å². The molecule has 0 radical (unpaired) electrons. The van der Waals surface area contributed by atoms with Crippen LogP contribution in [0.2, 0.25) is 0 Å². The number of aryl methyl sites for hydroxylation is 2. The minimum atomic E-state index is -4.81. The first-order chi connectivity index (χ1) is 20.7. The van der Waals surface area contributed by atoms with Crippen LogP contribution in [0, 0.1) is 0 Å². The predicted octanol–water partition coefficient (Wildman–Crippen LogP) is 3.59. The van der Waals surface area contributed by atoms with Gasteiger partial charge >= 0.3 is 66.9 Å². The van der Waals surface area contributed by atoms with Crippen LogP contribution >= 0.6 is 15.3 Å². The average molecular weight is 682 g/mol. The van der Waals surface area contributed by atoms with E-state index in [0.717, 1.165) is 25.7 Å². The minimum Gasteiger partial charge on any atom is -0.811 e. The molecule has 0 saturated carbocycles. The fraction of sp³-hybridized carbons (Fsp3) is 0.647. The van der Waals surface area contributed by atoms with Crippen LogP contribution in [0.3, 0.4) is 0 Å². The van der Waals surface area contributed by atoms with Crippen molar-refractivity contribution in [2.24, 2.45) is 0 Å². The zero-order valence-corrected chi connectivity index (χ0v) is 34.4. The second-order valence-corrected chi connectivity index (χ2v) is 15.0. The van der Waals surface area contributed by atoms with Crippen molar-refractivity contribution < 1.29 is 87.1 Å². The molecule has 0 amide bonds. The Balaban J connectivity index is 0.00000968. The summed E-state index contributed by atoms with van der Waals surface area (Å²) >= 11 is 0. The Kier molecular flexibility index (Phi) is 27.5. The molecule has 0 aliphatic rings. The number of benzene rings is 2. The Labute approximate surface area is 318 Å². The number of anilines is 1. The molecule has 2 aromatic rings. The van der Waals surface area contributed by atoms with Gasteiger partial charge in [-0.25, -0.2) is 4.57 Å². The molecule has 0 aromatic heterocycles. The summed E-state index contributed by atoms with van der Waals surface area (Å²) in [5.74, 6) is 0.342. The van der Waals surface area contributed by atoms with Crippen LogP contribution in [0.5, 0.6) is 5.75 Å². The molecule has 0 aliphatic heterocycles. The van der Waals surface area contributed by atoms with Crippen molar-refractivity contribution in [1.29, 1.82) is 0 Å². The third-order valence-electron chi connectivity index (χ3n) is 7.63. The normalized spacial score (nSPS) is 12.5. The van der Waals surface area contributed by atoms with Gasteiger partial charge in [0.1, 0.15) is 5.75 Å². The molecule has 45 heavy (non-hydrogen) atoms. The molecule has 244 valence electrons. The van der Waals surface area contributed by atoms with Crippen molar-refractivity contribution in [3.05, 3.63) is 59.7 Å². The molecule has 0 heterocycles. The fourth-order valence-corrected chi connectivity index (χ4v) is 6.86. The number of hydrogen-bond donors (Lipinski definition) is 1. The van der Waals surface area contributed by atoms with Crippen LogP contribution in [0.4, 0.5) is 5.69 Å². The number of hydrogen-bond acceptors (Lipinski definition) is 6. The largest absolute Gasteiger partial charge is 1.00 e. The van der Waals surface area contributed by atoms with E-state index in [2.05, 4.69) is 18.9 Å². The standard InChI is InChI=1S/C34H57NO6P2.2Na/c1-3-5-7-9-11-12-13-14-16-18-20-32-23-27-34(28-24-32)41-43(39,40-29-30-42(36,37)38)35-33-25-21-31(22-26-33)19-17-15-10-8-6-4-2;;/h21-28H,3-20,29-30H2,1-2H3,(H,35,39)(H2,36,37,38);;/q;2*+1/p-2. The van der Waals surface area contributed by atoms with Crippen molar-refractivity contribution in [2.45, 2.75) is 129 Å². The maximum Gasteiger partial charge on any atom is 1.00 e. The third-order valence-corrected chi connectivity index (χ3v) is 9.87. The second kappa shape index (κ2) is 27.2. The fourth-order valence-electron chi connectivity index (χ4n) is 5.04. The quantitative estimate of drug-likeness (QED) is 0.0919. The van der Waals surface area contributed by atoms with Crippen molar-refractivity contribution >= 4 is 21.0 Å². The van der Waals surface area contributed by atoms with E-state index in [1.165, 1.54) is 101 Å². The van der Waals surface area contributed by atoms with E-state index in [9.17, 15) is 18.9 Å². The van der Waals surface area contributed by atoms with E-state index in [4.69, 9.17) is 9.05 Å². The van der Waals surface area contributed by atoms with Gasteiger partial charge in [-0.05, 0) is 67.2 Å². The van der Waals surface area contributed by atoms with E-state index in [-0.39, 0.29) is 59.1 Å². The van der Waals surface area contributed by atoms with Crippen molar-refractivity contribution in [2.75, 3.05) is 17.9 Å². The van der Waals surface area contributed by atoms with Gasteiger partial charge in [-0.2, -0.15) is 0 Å². The van der Waals surface area contributed by atoms with E-state index in [1.54, 1.807) is 12.1 Å². The van der Waals surface area contributed by atoms with Gasteiger partial charge in [-0.1, -0.05) is 136 Å². The van der Waals surface area contributed by atoms with Gasteiger partial charge in [-0.15, -0.1) is 0 Å². The summed E-state index contributed by atoms with van der Waals surface area (Å²) in [6, 6.07) is 15.0. The van der Waals surface area contributed by atoms with Crippen LogP contribution in [-0.2, 0) is 26.5 Å². The van der Waals surface area contributed by atoms with E-state index >= 15 is 0 Å². The molecule has 0 bridgehead atoms. The summed E-state index contributed by atoms with van der Waals surface area (Å²) in [7, 11) is -8.82. The van der Waals surface area contributed by atoms with E-state index in [1.807, 2.05) is 36.4 Å². The Hall–Kier alpha value is 0.380. The third kappa shape index (κ3) is 23.4. The summed E-state index contributed by atoms with van der Waals surface area (Å²) in [4.78, 5) is 22.2. The SMILES string of the molecule is CCCCCCCCCCCCc1ccc(OP(=O)(Nc2ccc(CCCCCCCC)cc2)OCCP(=O)([O-])[O-])cc1.[Na+].[Na+]. The molecule has 0 fully saturated rings. The Bertz CT molecular complexity index is 1080. The number of unbranched alkanes of at least 4 members (excludes halogenated alkanes) is 14. The van der Waals surface area contributed by atoms with Crippen molar-refractivity contribution in [3.8, 4) is 5.75 Å². The van der Waals surface area contributed by atoms with Crippen LogP contribution < -0.4 is 78.5 Å². The molecular formula is C34H55NNa2O6P2. The molecule has 0 spiro atoms. The van der Waals surface area contributed by atoms with Gasteiger partial charge < -0.3 is 18.9 Å². The second-order valence-electron chi connectivity index (χ2n) is 11.7. The molecular weight excluding hydrogens is 626 g/mol. The van der Waals surface area contributed by atoms with Gasteiger partial charge in [-0.3, -0.25) is 9.61 Å². The van der Waals surface area contributed by atoms with Crippen molar-refractivity contribution in [3.63, 3.8) is 0 Å². The zero-order chi connectivity index (χ0) is 31.2. The summed E-state index contributed by atoms with van der Waals surface area (Å²) in [6.45, 7) is 3.94. The van der Waals surface area contributed by atoms with Gasteiger partial charge in [0.25, 0.3) is 0 Å².